The molecule has 1 amide bonds. The number of hydrogen-bond donors (Lipinski definition) is 0. The molecule has 0 saturated carbocycles. The average Bonchev–Trinajstić information content (AvgIpc) is 3.07. The molecular weight excluding hydrogens is 262 g/mol. The van der Waals surface area contributed by atoms with Crippen LogP contribution in [0.4, 0.5) is 0 Å². The Morgan fingerprint density at radius 2 is 2.37 bits per heavy atom. The second-order valence-corrected chi connectivity index (χ2v) is 5.34. The molecule has 2 rings (SSSR count). The molecule has 102 valence electrons. The van der Waals surface area contributed by atoms with Crippen molar-refractivity contribution in [2.24, 2.45) is 0 Å². The van der Waals surface area contributed by atoms with Gasteiger partial charge in [0.15, 0.2) is 0 Å². The van der Waals surface area contributed by atoms with Gasteiger partial charge in [0.25, 0.3) is 5.91 Å². The highest BCUT2D eigenvalue weighted by molar-refractivity contribution is 7.09. The third kappa shape index (κ3) is 3.01. The van der Waals surface area contributed by atoms with Crippen molar-refractivity contribution in [2.45, 2.75) is 32.7 Å². The first-order valence-electron chi connectivity index (χ1n) is 6.25. The van der Waals surface area contributed by atoms with E-state index in [1.165, 1.54) is 17.6 Å². The number of rotatable bonds is 5. The molecule has 0 aliphatic rings. The lowest BCUT2D eigenvalue weighted by atomic mass is 10.2. The lowest BCUT2D eigenvalue weighted by Crippen LogP contribution is -2.30. The Balaban J connectivity index is 2.09. The second-order valence-electron chi connectivity index (χ2n) is 4.39. The van der Waals surface area contributed by atoms with Gasteiger partial charge in [-0.05, 0) is 19.8 Å². The zero-order chi connectivity index (χ0) is 13.8. The van der Waals surface area contributed by atoms with Crippen molar-refractivity contribution in [3.05, 3.63) is 34.1 Å². The lowest BCUT2D eigenvalue weighted by molar-refractivity contribution is 0.0732. The maximum Gasteiger partial charge on any atom is 0.273 e. The Morgan fingerprint density at radius 1 is 1.58 bits per heavy atom. The number of hydrogen-bond acceptors (Lipinski definition) is 5. The van der Waals surface area contributed by atoms with Crippen molar-refractivity contribution in [3.8, 4) is 0 Å². The Labute approximate surface area is 116 Å². The molecule has 0 fully saturated rings. The van der Waals surface area contributed by atoms with Crippen molar-refractivity contribution in [2.75, 3.05) is 7.05 Å². The van der Waals surface area contributed by atoms with Crippen LogP contribution in [0.1, 0.15) is 47.5 Å². The number of amides is 1. The fraction of sp³-hybridized carbons (Fsp3) is 0.462. The summed E-state index contributed by atoms with van der Waals surface area (Å²) in [6.07, 6.45) is 3.46. The first-order valence-corrected chi connectivity index (χ1v) is 7.13. The number of aryl methyl sites for hydroxylation is 1. The molecule has 0 aliphatic heterocycles. The van der Waals surface area contributed by atoms with Gasteiger partial charge in [0.1, 0.15) is 17.7 Å². The monoisotopic (exact) mass is 279 g/mol. The highest BCUT2D eigenvalue weighted by Crippen LogP contribution is 2.20. The largest absolute Gasteiger partial charge is 0.364 e. The third-order valence-corrected chi connectivity index (χ3v) is 3.93. The molecule has 5 nitrogen and oxygen atoms in total. The van der Waals surface area contributed by atoms with E-state index in [1.54, 1.807) is 18.0 Å². The van der Waals surface area contributed by atoms with Gasteiger partial charge in [-0.25, -0.2) is 4.98 Å². The molecule has 0 aliphatic carbocycles. The summed E-state index contributed by atoms with van der Waals surface area (Å²) in [5.41, 5.74) is 1.24. The summed E-state index contributed by atoms with van der Waals surface area (Å²) >= 11 is 1.54. The summed E-state index contributed by atoms with van der Waals surface area (Å²) in [6.45, 7) is 4.01. The second kappa shape index (κ2) is 5.97. The molecule has 6 heteroatoms. The predicted octanol–water partition coefficient (Wildman–Crippen LogP) is 2.92. The van der Waals surface area contributed by atoms with Crippen LogP contribution in [-0.2, 0) is 6.42 Å². The first kappa shape index (κ1) is 13.7. The van der Waals surface area contributed by atoms with Gasteiger partial charge in [0.2, 0.25) is 0 Å². The quantitative estimate of drug-likeness (QED) is 0.844. The van der Waals surface area contributed by atoms with Gasteiger partial charge >= 0.3 is 0 Å². The summed E-state index contributed by atoms with van der Waals surface area (Å²) in [6, 6.07) is 1.63. The van der Waals surface area contributed by atoms with Crippen LogP contribution in [0.2, 0.25) is 0 Å². The molecule has 1 atom stereocenters. The van der Waals surface area contributed by atoms with Crippen molar-refractivity contribution in [1.82, 2.24) is 15.0 Å². The Morgan fingerprint density at radius 3 is 3.00 bits per heavy atom. The van der Waals surface area contributed by atoms with Crippen molar-refractivity contribution in [3.63, 3.8) is 0 Å². The van der Waals surface area contributed by atoms with Gasteiger partial charge in [-0.15, -0.1) is 11.3 Å². The summed E-state index contributed by atoms with van der Waals surface area (Å²) in [5.74, 6) is -0.0888. The SMILES string of the molecule is CCCc1nc(C(=O)N(C)[C@@H](C)c2ccon2)cs1. The van der Waals surface area contributed by atoms with E-state index in [4.69, 9.17) is 4.52 Å². The summed E-state index contributed by atoms with van der Waals surface area (Å²) < 4.78 is 4.81. The van der Waals surface area contributed by atoms with Crippen LogP contribution in [0, 0.1) is 0 Å². The van der Waals surface area contributed by atoms with E-state index in [2.05, 4.69) is 17.1 Å². The third-order valence-electron chi connectivity index (χ3n) is 3.02. The van der Waals surface area contributed by atoms with Crippen LogP contribution in [0.25, 0.3) is 0 Å². The molecular formula is C13H17N3O2S. The van der Waals surface area contributed by atoms with E-state index in [-0.39, 0.29) is 11.9 Å². The maximum atomic E-state index is 12.3. The predicted molar refractivity (Wildman–Crippen MR) is 73.1 cm³/mol. The fourth-order valence-electron chi connectivity index (χ4n) is 1.73. The van der Waals surface area contributed by atoms with Crippen LogP contribution in [0.15, 0.2) is 22.2 Å². The van der Waals surface area contributed by atoms with Crippen LogP contribution in [0.3, 0.4) is 0 Å². The fourth-order valence-corrected chi connectivity index (χ4v) is 2.60. The Hall–Kier alpha value is -1.69. The van der Waals surface area contributed by atoms with Crippen molar-refractivity contribution in [1.29, 1.82) is 0 Å². The number of aromatic nitrogens is 2. The molecule has 19 heavy (non-hydrogen) atoms. The van der Waals surface area contributed by atoms with E-state index in [0.29, 0.717) is 5.69 Å². The minimum Gasteiger partial charge on any atom is -0.364 e. The Kier molecular flexibility index (Phi) is 4.31. The molecule has 0 unspecified atom stereocenters. The zero-order valence-electron chi connectivity index (χ0n) is 11.3. The van der Waals surface area contributed by atoms with Crippen LogP contribution >= 0.6 is 11.3 Å². The Bertz CT molecular complexity index is 536. The first-order chi connectivity index (χ1) is 9.13. The lowest BCUT2D eigenvalue weighted by Gasteiger charge is -2.22. The average molecular weight is 279 g/mol. The van der Waals surface area contributed by atoms with E-state index in [0.717, 1.165) is 23.5 Å². The zero-order valence-corrected chi connectivity index (χ0v) is 12.1. The van der Waals surface area contributed by atoms with Gasteiger partial charge in [-0.1, -0.05) is 12.1 Å². The standard InChI is InChI=1S/C13H17N3O2S/c1-4-5-12-14-11(8-19-12)13(17)16(3)9(2)10-6-7-18-15-10/h6-9H,4-5H2,1-3H3/t9-/m0/s1. The summed E-state index contributed by atoms with van der Waals surface area (Å²) in [7, 11) is 1.75. The minimum absolute atomic E-state index is 0.0888. The van der Waals surface area contributed by atoms with Gasteiger partial charge in [-0.3, -0.25) is 4.79 Å². The molecule has 2 heterocycles. The van der Waals surface area contributed by atoms with E-state index in [9.17, 15) is 4.79 Å². The van der Waals surface area contributed by atoms with Crippen molar-refractivity contribution < 1.29 is 9.32 Å². The summed E-state index contributed by atoms with van der Waals surface area (Å²) in [5, 5.41) is 6.69. The van der Waals surface area contributed by atoms with Crippen molar-refractivity contribution >= 4 is 17.2 Å². The van der Waals surface area contributed by atoms with Gasteiger partial charge < -0.3 is 9.42 Å². The molecule has 2 aromatic heterocycles. The number of carbonyl (C=O) groups is 1. The van der Waals surface area contributed by atoms with Crippen LogP contribution in [0.5, 0.6) is 0 Å². The molecule has 0 bridgehead atoms. The number of carbonyl (C=O) groups excluding carboxylic acids is 1. The number of thiazole rings is 1. The molecule has 0 aromatic carbocycles. The number of nitrogens with zero attached hydrogens (tertiary/aromatic N) is 3. The van der Waals surface area contributed by atoms with E-state index in [1.807, 2.05) is 12.3 Å². The van der Waals surface area contributed by atoms with E-state index < -0.39 is 0 Å². The van der Waals surface area contributed by atoms with Crippen LogP contribution in [-0.4, -0.2) is 28.0 Å². The molecule has 2 aromatic rings. The van der Waals surface area contributed by atoms with E-state index >= 15 is 0 Å². The highest BCUT2D eigenvalue weighted by atomic mass is 32.1. The van der Waals surface area contributed by atoms with Gasteiger partial charge in [0, 0.05) is 18.5 Å². The summed E-state index contributed by atoms with van der Waals surface area (Å²) in [4.78, 5) is 18.3. The normalized spacial score (nSPS) is 12.4. The van der Waals surface area contributed by atoms with Crippen LogP contribution < -0.4 is 0 Å². The van der Waals surface area contributed by atoms with Gasteiger partial charge in [-0.2, -0.15) is 0 Å². The molecule has 0 spiro atoms. The molecule has 0 saturated heterocycles. The highest BCUT2D eigenvalue weighted by Gasteiger charge is 2.22. The molecule has 0 N–H and O–H groups in total. The minimum atomic E-state index is -0.137. The maximum absolute atomic E-state index is 12.3. The molecule has 0 radical (unpaired) electrons. The van der Waals surface area contributed by atoms with Gasteiger partial charge in [0.05, 0.1) is 11.0 Å². The topological polar surface area (TPSA) is 59.2 Å². The smallest absolute Gasteiger partial charge is 0.273 e.